The van der Waals surface area contributed by atoms with Gasteiger partial charge in [0.1, 0.15) is 17.7 Å². The fourth-order valence-electron chi connectivity index (χ4n) is 4.68. The van der Waals surface area contributed by atoms with Gasteiger partial charge in [-0.15, -0.1) is 0 Å². The van der Waals surface area contributed by atoms with Crippen molar-refractivity contribution in [2.24, 2.45) is 0 Å². The molecule has 0 N–H and O–H groups in total. The molecule has 1 aliphatic carbocycles. The van der Waals surface area contributed by atoms with E-state index in [0.29, 0.717) is 25.9 Å². The molecule has 1 amide bonds. The lowest BCUT2D eigenvalue weighted by Crippen LogP contribution is -2.32. The molecule has 36 heavy (non-hydrogen) atoms. The zero-order chi connectivity index (χ0) is 26.1. The van der Waals surface area contributed by atoms with Gasteiger partial charge < -0.3 is 4.90 Å². The van der Waals surface area contributed by atoms with Crippen LogP contribution in [-0.2, 0) is 0 Å². The quantitative estimate of drug-likeness (QED) is 0.292. The summed E-state index contributed by atoms with van der Waals surface area (Å²) in [6.45, 7) is 0.770. The average Bonchev–Trinajstić information content (AvgIpc) is 3.00. The van der Waals surface area contributed by atoms with Crippen molar-refractivity contribution < 1.29 is 19.6 Å². The van der Waals surface area contributed by atoms with Crippen molar-refractivity contribution in [2.45, 2.75) is 25.7 Å². The Morgan fingerprint density at radius 3 is 1.81 bits per heavy atom. The predicted octanol–water partition coefficient (Wildman–Crippen LogP) is 4.26. The standard InChI is InChI=1S/C23H16N6O7/c24-11-13(12-25)20-16-7-14(27(31)32)9-18(23(30)26-5-3-1-2-4-6-26)21(16)22-17(20)8-15(28(33)34)10-19(22)29(35)36/h7-10H,1-6H2. The third-order valence-corrected chi connectivity index (χ3v) is 6.23. The van der Waals surface area contributed by atoms with Crippen LogP contribution in [0.3, 0.4) is 0 Å². The van der Waals surface area contributed by atoms with Crippen LogP contribution in [0.15, 0.2) is 29.8 Å². The Balaban J connectivity index is 2.16. The van der Waals surface area contributed by atoms with Crippen molar-refractivity contribution in [1.82, 2.24) is 4.90 Å². The number of benzene rings is 2. The number of nitriles is 2. The fourth-order valence-corrected chi connectivity index (χ4v) is 4.68. The molecular weight excluding hydrogens is 472 g/mol. The minimum atomic E-state index is -0.863. The molecule has 2 aliphatic rings. The first-order valence-corrected chi connectivity index (χ1v) is 10.8. The Bertz CT molecular complexity index is 1460. The predicted molar refractivity (Wildman–Crippen MR) is 123 cm³/mol. The van der Waals surface area contributed by atoms with Gasteiger partial charge in [-0.1, -0.05) is 12.8 Å². The molecule has 0 aromatic heterocycles. The highest BCUT2D eigenvalue weighted by Crippen LogP contribution is 2.53. The van der Waals surface area contributed by atoms with Crippen molar-refractivity contribution in [3.8, 4) is 23.3 Å². The molecule has 4 rings (SSSR count). The van der Waals surface area contributed by atoms with Crippen molar-refractivity contribution in [3.05, 3.63) is 76.9 Å². The van der Waals surface area contributed by atoms with E-state index >= 15 is 0 Å². The van der Waals surface area contributed by atoms with Crippen LogP contribution >= 0.6 is 0 Å². The Kier molecular flexibility index (Phi) is 6.15. The number of allylic oxidation sites excluding steroid dienone is 1. The van der Waals surface area contributed by atoms with Gasteiger partial charge in [0, 0.05) is 53.6 Å². The first-order valence-electron chi connectivity index (χ1n) is 10.8. The number of nitrogens with zero attached hydrogens (tertiary/aromatic N) is 6. The Morgan fingerprint density at radius 2 is 1.31 bits per heavy atom. The second kappa shape index (κ2) is 9.23. The van der Waals surface area contributed by atoms with Gasteiger partial charge >= 0.3 is 0 Å². The van der Waals surface area contributed by atoms with Gasteiger partial charge in [0.15, 0.2) is 0 Å². The second-order valence-electron chi connectivity index (χ2n) is 8.25. The summed E-state index contributed by atoms with van der Waals surface area (Å²) in [5.74, 6) is -0.591. The smallest absolute Gasteiger partial charge is 0.284 e. The zero-order valence-corrected chi connectivity index (χ0v) is 18.6. The van der Waals surface area contributed by atoms with Crippen LogP contribution in [0.1, 0.15) is 47.2 Å². The number of likely N-dealkylation sites (tertiary alicyclic amines) is 1. The molecule has 13 nitrogen and oxygen atoms in total. The first-order chi connectivity index (χ1) is 17.2. The molecule has 1 saturated heterocycles. The minimum Gasteiger partial charge on any atom is -0.339 e. The van der Waals surface area contributed by atoms with Crippen LogP contribution in [0.25, 0.3) is 16.7 Å². The number of hydrogen-bond donors (Lipinski definition) is 0. The van der Waals surface area contributed by atoms with Crippen LogP contribution in [0.5, 0.6) is 0 Å². The number of carbonyl (C=O) groups excluding carboxylic acids is 1. The van der Waals surface area contributed by atoms with Crippen LogP contribution in [0.2, 0.25) is 0 Å². The van der Waals surface area contributed by atoms with E-state index < -0.39 is 43.3 Å². The topological polar surface area (TPSA) is 197 Å². The molecule has 0 radical (unpaired) electrons. The Labute approximate surface area is 202 Å². The number of rotatable bonds is 4. The summed E-state index contributed by atoms with van der Waals surface area (Å²) in [7, 11) is 0. The summed E-state index contributed by atoms with van der Waals surface area (Å²) in [5, 5.41) is 54.4. The van der Waals surface area contributed by atoms with Gasteiger partial charge in [0.25, 0.3) is 23.0 Å². The van der Waals surface area contributed by atoms with Crippen LogP contribution in [0, 0.1) is 53.0 Å². The number of nitro groups is 3. The maximum Gasteiger partial charge on any atom is 0.284 e. The number of non-ortho nitro benzene ring substituents is 2. The van der Waals surface area contributed by atoms with Gasteiger partial charge in [-0.05, 0) is 12.8 Å². The summed E-state index contributed by atoms with van der Waals surface area (Å²) >= 11 is 0. The van der Waals surface area contributed by atoms with E-state index in [4.69, 9.17) is 0 Å². The van der Waals surface area contributed by atoms with Gasteiger partial charge in [-0.2, -0.15) is 10.5 Å². The molecule has 0 unspecified atom stereocenters. The second-order valence-corrected chi connectivity index (χ2v) is 8.25. The molecule has 0 atom stereocenters. The summed E-state index contributed by atoms with van der Waals surface area (Å²) in [4.78, 5) is 47.9. The molecule has 0 saturated carbocycles. The summed E-state index contributed by atoms with van der Waals surface area (Å²) in [6, 6.07) is 7.05. The fraction of sp³-hybridized carbons (Fsp3) is 0.261. The molecule has 0 bridgehead atoms. The zero-order valence-electron chi connectivity index (χ0n) is 18.6. The monoisotopic (exact) mass is 488 g/mol. The third kappa shape index (κ3) is 3.88. The van der Waals surface area contributed by atoms with Crippen molar-refractivity contribution in [1.29, 1.82) is 10.5 Å². The number of fused-ring (bicyclic) bond motifs is 3. The van der Waals surface area contributed by atoms with Gasteiger partial charge in [-0.3, -0.25) is 35.1 Å². The molecule has 2 aromatic carbocycles. The lowest BCUT2D eigenvalue weighted by molar-refractivity contribution is -0.393. The Hall–Kier alpha value is -5.17. The SMILES string of the molecule is N#CC(C#N)=C1c2cc([N+](=O)[O-])cc(C(=O)N3CCCCCC3)c2-c2c1cc([N+](=O)[O-])cc2[N+](=O)[O-]. The minimum absolute atomic E-state index is 0.0653. The lowest BCUT2D eigenvalue weighted by atomic mass is 9.95. The molecule has 2 aromatic rings. The van der Waals surface area contributed by atoms with Gasteiger partial charge in [-0.25, -0.2) is 0 Å². The molecular formula is C23H16N6O7. The highest BCUT2D eigenvalue weighted by Gasteiger charge is 2.40. The van der Waals surface area contributed by atoms with Crippen LogP contribution in [0.4, 0.5) is 17.1 Å². The largest absolute Gasteiger partial charge is 0.339 e. The van der Waals surface area contributed by atoms with E-state index in [0.717, 1.165) is 37.1 Å². The summed E-state index contributed by atoms with van der Waals surface area (Å²) < 4.78 is 0. The van der Waals surface area contributed by atoms with E-state index in [1.165, 1.54) is 4.90 Å². The third-order valence-electron chi connectivity index (χ3n) is 6.23. The molecule has 0 spiro atoms. The molecule has 1 fully saturated rings. The summed E-state index contributed by atoms with van der Waals surface area (Å²) in [6.07, 6.45) is 3.22. The molecule has 180 valence electrons. The van der Waals surface area contributed by atoms with Crippen LogP contribution < -0.4 is 0 Å². The molecule has 13 heteroatoms. The maximum absolute atomic E-state index is 13.6. The normalized spacial score (nSPS) is 14.1. The van der Waals surface area contributed by atoms with Crippen molar-refractivity contribution >= 4 is 28.5 Å². The van der Waals surface area contributed by atoms with E-state index in [1.807, 2.05) is 0 Å². The maximum atomic E-state index is 13.6. The van der Waals surface area contributed by atoms with E-state index in [2.05, 4.69) is 0 Å². The van der Waals surface area contributed by atoms with Gasteiger partial charge in [0.05, 0.1) is 32.0 Å². The number of carbonyl (C=O) groups is 1. The lowest BCUT2D eigenvalue weighted by Gasteiger charge is -2.22. The van der Waals surface area contributed by atoms with Crippen molar-refractivity contribution in [2.75, 3.05) is 13.1 Å². The number of hydrogen-bond acceptors (Lipinski definition) is 9. The average molecular weight is 488 g/mol. The van der Waals surface area contributed by atoms with E-state index in [9.17, 15) is 45.7 Å². The van der Waals surface area contributed by atoms with E-state index in [1.54, 1.807) is 12.1 Å². The highest BCUT2D eigenvalue weighted by molar-refractivity contribution is 6.14. The number of nitro benzene ring substituents is 3. The van der Waals surface area contributed by atoms with Gasteiger partial charge in [0.2, 0.25) is 0 Å². The van der Waals surface area contributed by atoms with Crippen molar-refractivity contribution in [3.63, 3.8) is 0 Å². The number of amides is 1. The first kappa shape index (κ1) is 24.0. The molecule has 1 aliphatic heterocycles. The Morgan fingerprint density at radius 1 is 0.778 bits per heavy atom. The molecule has 1 heterocycles. The van der Waals surface area contributed by atoms with Crippen LogP contribution in [-0.4, -0.2) is 38.7 Å². The van der Waals surface area contributed by atoms with E-state index in [-0.39, 0.29) is 33.4 Å². The summed E-state index contributed by atoms with van der Waals surface area (Å²) in [5.41, 5.74) is -3.47. The highest BCUT2D eigenvalue weighted by atomic mass is 16.6.